The van der Waals surface area contributed by atoms with E-state index in [-0.39, 0.29) is 14.5 Å². The Bertz CT molecular complexity index is 3160. The van der Waals surface area contributed by atoms with Gasteiger partial charge in [0.05, 0.1) is 0 Å². The molecular weight excluding hydrogens is 746 g/mol. The Morgan fingerprint density at radius 2 is 0.857 bits per heavy atom. The summed E-state index contributed by atoms with van der Waals surface area (Å²) in [6.45, 7) is 0. The molecule has 0 saturated carbocycles. The van der Waals surface area contributed by atoms with Gasteiger partial charge in [0.15, 0.2) is 0 Å². The molecule has 0 radical (unpaired) electrons. The first-order chi connectivity index (χ1) is 27.8. The first-order valence-electron chi connectivity index (χ1n) is 19.0. The van der Waals surface area contributed by atoms with Crippen LogP contribution in [-0.4, -0.2) is 19.1 Å². The summed E-state index contributed by atoms with van der Waals surface area (Å²) in [5, 5.41) is 7.85. The van der Waals surface area contributed by atoms with Crippen LogP contribution in [0.1, 0.15) is 0 Å². The summed E-state index contributed by atoms with van der Waals surface area (Å²) in [6.07, 6.45) is 0. The Hall–Kier alpha value is -6.84. The van der Waals surface area contributed by atoms with E-state index in [0.717, 1.165) is 39.8 Å². The zero-order chi connectivity index (χ0) is 37.0. The molecule has 0 aliphatic heterocycles. The van der Waals surface area contributed by atoms with E-state index in [2.05, 4.69) is 227 Å². The topological polar surface area (TPSA) is 11.4 Å². The molecule has 0 N–H and O–H groups in total. The van der Waals surface area contributed by atoms with Gasteiger partial charge in [0.25, 0.3) is 0 Å². The second kappa shape index (κ2) is 13.5. The molecule has 0 bridgehead atoms. The summed E-state index contributed by atoms with van der Waals surface area (Å²) < 4.78 is 5.31. The maximum atomic E-state index is 2.44. The van der Waals surface area contributed by atoms with Gasteiger partial charge in [-0.2, -0.15) is 0 Å². The molecule has 0 fully saturated rings. The van der Waals surface area contributed by atoms with E-state index in [1.807, 2.05) is 0 Å². The summed E-state index contributed by atoms with van der Waals surface area (Å²) in [7, 11) is 0. The van der Waals surface area contributed by atoms with E-state index in [9.17, 15) is 0 Å². The number of para-hydroxylation sites is 4. The van der Waals surface area contributed by atoms with Crippen molar-refractivity contribution in [3.05, 3.63) is 212 Å². The fraction of sp³-hybridized carbons (Fsp3) is 0. The summed E-state index contributed by atoms with van der Waals surface area (Å²) in [5.41, 5.74) is 10.1. The number of anilines is 6. The van der Waals surface area contributed by atoms with Crippen molar-refractivity contribution in [2.24, 2.45) is 0 Å². The monoisotopic (exact) mass is 781 g/mol. The normalized spacial score (nSPS) is 11.6. The molecule has 2 aromatic heterocycles. The Balaban J connectivity index is 1.16. The van der Waals surface area contributed by atoms with Crippen LogP contribution in [0.2, 0.25) is 0 Å². The van der Waals surface area contributed by atoms with Crippen LogP contribution < -0.4 is 9.80 Å². The summed E-state index contributed by atoms with van der Waals surface area (Å²) in [6, 6.07) is 77.3. The van der Waals surface area contributed by atoms with Gasteiger partial charge in [-0.25, -0.2) is 0 Å². The molecule has 3 nitrogen and oxygen atoms in total. The zero-order valence-electron chi connectivity index (χ0n) is 30.5. The van der Waals surface area contributed by atoms with Gasteiger partial charge in [-0.05, 0) is 0 Å². The Morgan fingerprint density at radius 1 is 0.321 bits per heavy atom. The van der Waals surface area contributed by atoms with E-state index in [0.29, 0.717) is 0 Å². The van der Waals surface area contributed by atoms with Crippen molar-refractivity contribution < 1.29 is 0 Å². The molecule has 11 rings (SSSR count). The molecule has 0 spiro atoms. The molecule has 0 saturated heterocycles. The molecule has 0 aliphatic carbocycles. The fourth-order valence-electron chi connectivity index (χ4n) is 8.40. The molecule has 9 aromatic carbocycles. The molecular formula is C52H35N3Se. The van der Waals surface area contributed by atoms with Gasteiger partial charge in [-0.15, -0.1) is 0 Å². The van der Waals surface area contributed by atoms with Crippen molar-refractivity contribution in [2.45, 2.75) is 0 Å². The average Bonchev–Trinajstić information content (AvgIpc) is 3.81. The molecule has 56 heavy (non-hydrogen) atoms. The van der Waals surface area contributed by atoms with Crippen LogP contribution in [0.3, 0.4) is 0 Å². The third-order valence-electron chi connectivity index (χ3n) is 10.9. The second-order valence-corrected chi connectivity index (χ2v) is 16.4. The number of rotatable bonds is 7. The van der Waals surface area contributed by atoms with Crippen LogP contribution in [0.15, 0.2) is 212 Å². The van der Waals surface area contributed by atoms with E-state index in [4.69, 9.17) is 0 Å². The van der Waals surface area contributed by atoms with Crippen LogP contribution in [0.4, 0.5) is 34.1 Å². The van der Waals surface area contributed by atoms with Gasteiger partial charge in [0.1, 0.15) is 0 Å². The van der Waals surface area contributed by atoms with E-state index >= 15 is 0 Å². The molecule has 264 valence electrons. The van der Waals surface area contributed by atoms with Gasteiger partial charge in [0.2, 0.25) is 0 Å². The molecule has 11 aromatic rings. The SMILES string of the molecule is c1ccc(N(c2ccccc2)c2cccc(N(c3ccc4[se]c5c6ccccc6ccc5c4c3)c3ccc4c5ccccc5n(-c5ccccc5)c4c3)c2)cc1. The summed E-state index contributed by atoms with van der Waals surface area (Å²) in [5.74, 6) is 0. The van der Waals surface area contributed by atoms with E-state index < -0.39 is 0 Å². The van der Waals surface area contributed by atoms with Crippen LogP contribution in [0.25, 0.3) is 57.6 Å². The first kappa shape index (κ1) is 32.6. The van der Waals surface area contributed by atoms with Crippen molar-refractivity contribution in [1.82, 2.24) is 4.57 Å². The number of benzene rings is 9. The third kappa shape index (κ3) is 5.42. The number of aromatic nitrogens is 1. The van der Waals surface area contributed by atoms with Gasteiger partial charge in [0, 0.05) is 0 Å². The Morgan fingerprint density at radius 3 is 1.61 bits per heavy atom. The maximum absolute atomic E-state index is 2.44. The predicted molar refractivity (Wildman–Crippen MR) is 240 cm³/mol. The minimum absolute atomic E-state index is 0.232. The Kier molecular flexibility index (Phi) is 7.84. The molecule has 0 atom stereocenters. The quantitative estimate of drug-likeness (QED) is 0.149. The fourth-order valence-corrected chi connectivity index (χ4v) is 11.0. The molecule has 4 heteroatoms. The molecule has 0 unspecified atom stereocenters. The van der Waals surface area contributed by atoms with Crippen molar-refractivity contribution in [3.8, 4) is 5.69 Å². The molecule has 2 heterocycles. The first-order valence-corrected chi connectivity index (χ1v) is 20.7. The van der Waals surface area contributed by atoms with Gasteiger partial charge < -0.3 is 0 Å². The summed E-state index contributed by atoms with van der Waals surface area (Å²) in [4.78, 5) is 4.78. The second-order valence-electron chi connectivity index (χ2n) is 14.2. The molecule has 0 amide bonds. The standard InChI is InChI=1S/C52H35N3Se/c1-4-16-37(17-5-1)53(38-18-6-2-7-19-38)40-22-14-23-41(33-40)54(42-29-32-51-48(34-42)47-30-27-36-15-10-11-24-44(36)52(47)56-51)43-28-31-46-45-25-12-13-26-49(45)55(50(46)35-43)39-20-8-3-9-21-39/h1-35H. The van der Waals surface area contributed by atoms with Crippen LogP contribution in [-0.2, 0) is 0 Å². The number of hydrogen-bond acceptors (Lipinski definition) is 2. The van der Waals surface area contributed by atoms with Gasteiger partial charge in [-0.3, -0.25) is 0 Å². The molecule has 0 aliphatic rings. The van der Waals surface area contributed by atoms with Gasteiger partial charge >= 0.3 is 315 Å². The number of hydrogen-bond donors (Lipinski definition) is 0. The number of fused-ring (bicyclic) bond motifs is 8. The van der Waals surface area contributed by atoms with Crippen LogP contribution in [0, 0.1) is 0 Å². The average molecular weight is 781 g/mol. The van der Waals surface area contributed by atoms with Gasteiger partial charge in [-0.1, -0.05) is 18.2 Å². The van der Waals surface area contributed by atoms with Crippen LogP contribution in [0.5, 0.6) is 0 Å². The summed E-state index contributed by atoms with van der Waals surface area (Å²) >= 11 is 0.232. The van der Waals surface area contributed by atoms with Crippen molar-refractivity contribution in [2.75, 3.05) is 9.80 Å². The van der Waals surface area contributed by atoms with E-state index in [1.54, 1.807) is 0 Å². The van der Waals surface area contributed by atoms with Crippen molar-refractivity contribution >= 4 is 100 Å². The third-order valence-corrected chi connectivity index (χ3v) is 13.5. The Labute approximate surface area is 331 Å². The van der Waals surface area contributed by atoms with Crippen molar-refractivity contribution in [3.63, 3.8) is 0 Å². The van der Waals surface area contributed by atoms with E-state index in [1.165, 1.54) is 51.9 Å². The predicted octanol–water partition coefficient (Wildman–Crippen LogP) is 14.2. The number of nitrogens with zero attached hydrogens (tertiary/aromatic N) is 3. The minimum atomic E-state index is 0.232. The van der Waals surface area contributed by atoms with Crippen LogP contribution >= 0.6 is 0 Å². The zero-order valence-corrected chi connectivity index (χ0v) is 32.2. The van der Waals surface area contributed by atoms with Crippen molar-refractivity contribution in [1.29, 1.82) is 0 Å².